The molecule has 1 aliphatic heterocycles. The molecule has 114 valence electrons. The Morgan fingerprint density at radius 1 is 1.19 bits per heavy atom. The first kappa shape index (κ1) is 14.6. The summed E-state index contributed by atoms with van der Waals surface area (Å²) in [6.07, 6.45) is 5.04. The van der Waals surface area contributed by atoms with Crippen LogP contribution in [0.25, 0.3) is 0 Å². The third-order valence-electron chi connectivity index (χ3n) is 5.27. The fourth-order valence-electron chi connectivity index (χ4n) is 3.82. The number of hydrogen-bond donors (Lipinski definition) is 1. The first-order valence-electron chi connectivity index (χ1n) is 8.19. The van der Waals surface area contributed by atoms with E-state index in [0.717, 1.165) is 38.6 Å². The minimum absolute atomic E-state index is 0.159. The van der Waals surface area contributed by atoms with Gasteiger partial charge in [-0.3, -0.25) is 4.79 Å². The number of nitrogens with two attached hydrogens (primary N) is 1. The third kappa shape index (κ3) is 2.84. The minimum Gasteiger partial charge on any atom is -0.335 e. The molecule has 3 nitrogen and oxygen atoms in total. The molecular formula is C18H26N2O. The van der Waals surface area contributed by atoms with Crippen LogP contribution >= 0.6 is 0 Å². The van der Waals surface area contributed by atoms with Gasteiger partial charge in [-0.1, -0.05) is 18.2 Å². The Labute approximate surface area is 127 Å². The molecule has 1 amide bonds. The van der Waals surface area contributed by atoms with Crippen molar-refractivity contribution in [1.29, 1.82) is 0 Å². The van der Waals surface area contributed by atoms with Crippen LogP contribution in [0.15, 0.2) is 18.2 Å². The molecular weight excluding hydrogens is 260 g/mol. The monoisotopic (exact) mass is 286 g/mol. The maximum absolute atomic E-state index is 12.8. The second kappa shape index (κ2) is 5.80. The molecule has 1 saturated heterocycles. The second-order valence-corrected chi connectivity index (χ2v) is 6.80. The zero-order valence-corrected chi connectivity index (χ0v) is 13.1. The summed E-state index contributed by atoms with van der Waals surface area (Å²) < 4.78 is 0. The SMILES string of the molecule is Cc1ccc([C@@H]2CCCN2C(=O)[C@H]2CC[C@H](N)C2)cc1C. The molecule has 2 N–H and O–H groups in total. The molecule has 2 aliphatic rings. The highest BCUT2D eigenvalue weighted by atomic mass is 16.2. The second-order valence-electron chi connectivity index (χ2n) is 6.80. The molecule has 3 rings (SSSR count). The maximum atomic E-state index is 12.8. The number of likely N-dealkylation sites (tertiary alicyclic amines) is 1. The highest BCUT2D eigenvalue weighted by Crippen LogP contribution is 2.36. The van der Waals surface area contributed by atoms with Crippen LogP contribution in [0.4, 0.5) is 0 Å². The van der Waals surface area contributed by atoms with E-state index >= 15 is 0 Å². The van der Waals surface area contributed by atoms with E-state index < -0.39 is 0 Å². The van der Waals surface area contributed by atoms with Gasteiger partial charge in [0.05, 0.1) is 6.04 Å². The first-order valence-corrected chi connectivity index (χ1v) is 8.19. The standard InChI is InChI=1S/C18H26N2O/c1-12-5-6-14(10-13(12)2)17-4-3-9-20(17)18(21)15-7-8-16(19)11-15/h5-6,10,15-17H,3-4,7-9,11,19H2,1-2H3/t15-,16-,17-/m0/s1. The molecule has 1 aromatic rings. The number of benzene rings is 1. The van der Waals surface area contributed by atoms with Crippen LogP contribution in [-0.2, 0) is 4.79 Å². The number of amides is 1. The quantitative estimate of drug-likeness (QED) is 0.908. The molecule has 1 saturated carbocycles. The highest BCUT2D eigenvalue weighted by molar-refractivity contribution is 5.80. The number of rotatable bonds is 2. The van der Waals surface area contributed by atoms with Gasteiger partial charge in [0.2, 0.25) is 5.91 Å². The van der Waals surface area contributed by atoms with Gasteiger partial charge in [-0.05, 0) is 62.6 Å². The molecule has 1 aromatic carbocycles. The number of carbonyl (C=O) groups is 1. The van der Waals surface area contributed by atoms with Gasteiger partial charge in [0, 0.05) is 18.5 Å². The fourth-order valence-corrected chi connectivity index (χ4v) is 3.82. The van der Waals surface area contributed by atoms with Crippen LogP contribution in [0.1, 0.15) is 54.8 Å². The van der Waals surface area contributed by atoms with Gasteiger partial charge in [-0.25, -0.2) is 0 Å². The summed E-state index contributed by atoms with van der Waals surface area (Å²) in [5.41, 5.74) is 9.90. The summed E-state index contributed by atoms with van der Waals surface area (Å²) >= 11 is 0. The van der Waals surface area contributed by atoms with Crippen molar-refractivity contribution in [2.75, 3.05) is 6.54 Å². The molecule has 1 heterocycles. The Bertz CT molecular complexity index is 540. The Hall–Kier alpha value is -1.35. The lowest BCUT2D eigenvalue weighted by atomic mass is 9.98. The lowest BCUT2D eigenvalue weighted by molar-refractivity contribution is -0.136. The molecule has 0 radical (unpaired) electrons. The molecule has 3 atom stereocenters. The summed E-state index contributed by atoms with van der Waals surface area (Å²) in [6.45, 7) is 5.19. The normalized spacial score (nSPS) is 29.1. The van der Waals surface area contributed by atoms with Crippen LogP contribution in [0, 0.1) is 19.8 Å². The largest absolute Gasteiger partial charge is 0.335 e. The van der Waals surface area contributed by atoms with E-state index in [2.05, 4.69) is 36.9 Å². The van der Waals surface area contributed by atoms with Gasteiger partial charge in [0.1, 0.15) is 0 Å². The van der Waals surface area contributed by atoms with E-state index in [-0.39, 0.29) is 18.0 Å². The number of hydrogen-bond acceptors (Lipinski definition) is 2. The van der Waals surface area contributed by atoms with E-state index in [9.17, 15) is 4.79 Å². The van der Waals surface area contributed by atoms with Gasteiger partial charge in [-0.2, -0.15) is 0 Å². The van der Waals surface area contributed by atoms with Crippen molar-refractivity contribution in [3.05, 3.63) is 34.9 Å². The zero-order valence-electron chi connectivity index (χ0n) is 13.1. The summed E-state index contributed by atoms with van der Waals surface area (Å²) in [4.78, 5) is 14.9. The summed E-state index contributed by atoms with van der Waals surface area (Å²) in [5.74, 6) is 0.496. The van der Waals surface area contributed by atoms with Crippen LogP contribution < -0.4 is 5.73 Å². The van der Waals surface area contributed by atoms with E-state index in [1.54, 1.807) is 0 Å². The Kier molecular flexibility index (Phi) is 4.03. The van der Waals surface area contributed by atoms with Gasteiger partial charge in [-0.15, -0.1) is 0 Å². The average Bonchev–Trinajstić information content (AvgIpc) is 3.10. The van der Waals surface area contributed by atoms with Crippen LogP contribution in [-0.4, -0.2) is 23.4 Å². The molecule has 0 spiro atoms. The van der Waals surface area contributed by atoms with Crippen LogP contribution in [0.5, 0.6) is 0 Å². The van der Waals surface area contributed by atoms with E-state index in [4.69, 9.17) is 5.73 Å². The topological polar surface area (TPSA) is 46.3 Å². The minimum atomic E-state index is 0.159. The Morgan fingerprint density at radius 3 is 2.67 bits per heavy atom. The highest BCUT2D eigenvalue weighted by Gasteiger charge is 2.36. The molecule has 0 aromatic heterocycles. The van der Waals surface area contributed by atoms with Crippen molar-refractivity contribution in [1.82, 2.24) is 4.90 Å². The number of carbonyl (C=O) groups excluding carboxylic acids is 1. The average molecular weight is 286 g/mol. The smallest absolute Gasteiger partial charge is 0.226 e. The molecule has 0 bridgehead atoms. The van der Waals surface area contributed by atoms with Crippen molar-refractivity contribution >= 4 is 5.91 Å². The first-order chi connectivity index (χ1) is 10.1. The predicted molar refractivity (Wildman–Crippen MR) is 84.9 cm³/mol. The lowest BCUT2D eigenvalue weighted by Gasteiger charge is -2.28. The molecule has 21 heavy (non-hydrogen) atoms. The Balaban J connectivity index is 1.78. The van der Waals surface area contributed by atoms with E-state index in [1.807, 2.05) is 0 Å². The van der Waals surface area contributed by atoms with Gasteiger partial charge >= 0.3 is 0 Å². The van der Waals surface area contributed by atoms with Crippen molar-refractivity contribution in [3.8, 4) is 0 Å². The maximum Gasteiger partial charge on any atom is 0.226 e. The number of aryl methyl sites for hydroxylation is 2. The van der Waals surface area contributed by atoms with Gasteiger partial charge < -0.3 is 10.6 Å². The van der Waals surface area contributed by atoms with Crippen molar-refractivity contribution in [3.63, 3.8) is 0 Å². The summed E-state index contributed by atoms with van der Waals surface area (Å²) in [5, 5.41) is 0. The van der Waals surface area contributed by atoms with Crippen molar-refractivity contribution < 1.29 is 4.79 Å². The van der Waals surface area contributed by atoms with E-state index in [1.165, 1.54) is 16.7 Å². The van der Waals surface area contributed by atoms with E-state index in [0.29, 0.717) is 5.91 Å². The predicted octanol–water partition coefficient (Wildman–Crippen LogP) is 3.09. The summed E-state index contributed by atoms with van der Waals surface area (Å²) in [7, 11) is 0. The van der Waals surface area contributed by atoms with Crippen molar-refractivity contribution in [2.45, 2.75) is 58.0 Å². The zero-order chi connectivity index (χ0) is 15.0. The molecule has 3 heteroatoms. The number of nitrogens with zero attached hydrogens (tertiary/aromatic N) is 1. The van der Waals surface area contributed by atoms with Gasteiger partial charge in [0.15, 0.2) is 0 Å². The van der Waals surface area contributed by atoms with Crippen LogP contribution in [0.2, 0.25) is 0 Å². The molecule has 2 fully saturated rings. The van der Waals surface area contributed by atoms with Crippen LogP contribution in [0.3, 0.4) is 0 Å². The lowest BCUT2D eigenvalue weighted by Crippen LogP contribution is -2.35. The third-order valence-corrected chi connectivity index (χ3v) is 5.27. The molecule has 0 unspecified atom stereocenters. The van der Waals surface area contributed by atoms with Crippen molar-refractivity contribution in [2.24, 2.45) is 11.7 Å². The van der Waals surface area contributed by atoms with Gasteiger partial charge in [0.25, 0.3) is 0 Å². The Morgan fingerprint density at radius 2 is 2.00 bits per heavy atom. The molecule has 1 aliphatic carbocycles. The summed E-state index contributed by atoms with van der Waals surface area (Å²) in [6, 6.07) is 7.12. The fraction of sp³-hybridized carbons (Fsp3) is 0.611.